The van der Waals surface area contributed by atoms with Crippen LogP contribution in [0.1, 0.15) is 32.3 Å². The van der Waals surface area contributed by atoms with Gasteiger partial charge in [0.05, 0.1) is 5.02 Å². The van der Waals surface area contributed by atoms with Crippen LogP contribution in [0.4, 0.5) is 4.39 Å². The molecule has 4 N–H and O–H groups in total. The Balaban J connectivity index is 0.00000191. The molecule has 1 aromatic carbocycles. The minimum atomic E-state index is -1.10. The van der Waals surface area contributed by atoms with Crippen molar-refractivity contribution in [1.82, 2.24) is 0 Å². The maximum atomic E-state index is 13.1. The lowest BCUT2D eigenvalue weighted by Gasteiger charge is -2.07. The van der Waals surface area contributed by atoms with Crippen LogP contribution < -0.4 is 5.73 Å². The minimum absolute atomic E-state index is 0.0315. The lowest BCUT2D eigenvalue weighted by Crippen LogP contribution is -2.19. The van der Waals surface area contributed by atoms with Crippen LogP contribution in [0.2, 0.25) is 5.02 Å². The van der Waals surface area contributed by atoms with Gasteiger partial charge in [0.1, 0.15) is 17.6 Å². The van der Waals surface area contributed by atoms with Gasteiger partial charge in [-0.05, 0) is 31.5 Å². The number of carbonyl (C=O) groups is 1. The number of hydrogen-bond donors (Lipinski definition) is 3. The summed E-state index contributed by atoms with van der Waals surface area (Å²) in [6.07, 6.45) is 1.87. The Hall–Kier alpha value is -1.66. The van der Waals surface area contributed by atoms with E-state index in [1.807, 2.05) is 13.8 Å². The van der Waals surface area contributed by atoms with Crippen LogP contribution in [0, 0.1) is 5.82 Å². The summed E-state index contributed by atoms with van der Waals surface area (Å²) in [7, 11) is 0. The Morgan fingerprint density at radius 3 is 2.67 bits per heavy atom. The van der Waals surface area contributed by atoms with Crippen LogP contribution in [-0.2, 0) is 4.79 Å². The Bertz CT molecular complexity index is 495. The van der Waals surface area contributed by atoms with Crippen molar-refractivity contribution < 1.29 is 19.4 Å². The van der Waals surface area contributed by atoms with Gasteiger partial charge in [0.25, 0.3) is 0 Å². The van der Waals surface area contributed by atoms with Crippen LogP contribution in [0.3, 0.4) is 0 Å². The Labute approximate surface area is 128 Å². The van der Waals surface area contributed by atoms with Crippen molar-refractivity contribution in [3.63, 3.8) is 0 Å². The molecule has 1 aromatic rings. The van der Waals surface area contributed by atoms with E-state index in [1.54, 1.807) is 0 Å². The number of carboxylic acids is 1. The van der Waals surface area contributed by atoms with Gasteiger partial charge >= 0.3 is 5.97 Å². The number of aliphatic imine (C=N–C) groups is 1. The van der Waals surface area contributed by atoms with E-state index >= 15 is 0 Å². The molecule has 1 rings (SSSR count). The number of rotatable bonds is 6. The predicted molar refractivity (Wildman–Crippen MR) is 81.7 cm³/mol. The average molecular weight is 319 g/mol. The smallest absolute Gasteiger partial charge is 0.328 e. The first kappa shape index (κ1) is 19.3. The normalized spacial score (nSPS) is 11.9. The van der Waals surface area contributed by atoms with E-state index in [4.69, 9.17) is 22.4 Å². The quantitative estimate of drug-likeness (QED) is 0.703. The number of nitrogens with zero attached hydrogens (tertiary/aromatic N) is 1. The number of phenolic OH excluding ortho intramolecular Hbond substituents is 1. The van der Waals surface area contributed by atoms with Crippen molar-refractivity contribution in [3.8, 4) is 5.75 Å². The van der Waals surface area contributed by atoms with Gasteiger partial charge in [0.15, 0.2) is 0 Å². The van der Waals surface area contributed by atoms with Gasteiger partial charge in [-0.15, -0.1) is 0 Å². The number of hydrogen-bond acceptors (Lipinski definition) is 4. The van der Waals surface area contributed by atoms with Gasteiger partial charge in [-0.3, -0.25) is 4.99 Å². The second kappa shape index (κ2) is 10.1. The van der Waals surface area contributed by atoms with Crippen LogP contribution in [0.15, 0.2) is 17.1 Å². The summed E-state index contributed by atoms with van der Waals surface area (Å²) >= 11 is 5.60. The van der Waals surface area contributed by atoms with E-state index in [2.05, 4.69) is 4.99 Å². The van der Waals surface area contributed by atoms with Crippen molar-refractivity contribution in [2.45, 2.75) is 32.7 Å². The third-order valence-corrected chi connectivity index (χ3v) is 2.71. The van der Waals surface area contributed by atoms with Gasteiger partial charge in [-0.2, -0.15) is 0 Å². The highest BCUT2D eigenvalue weighted by Crippen LogP contribution is 2.27. The third kappa shape index (κ3) is 6.55. The number of aromatic hydroxyl groups is 1. The van der Waals surface area contributed by atoms with E-state index in [-0.39, 0.29) is 22.8 Å². The predicted octanol–water partition coefficient (Wildman–Crippen LogP) is 2.82. The summed E-state index contributed by atoms with van der Waals surface area (Å²) in [5, 5.41) is 18.4. The lowest BCUT2D eigenvalue weighted by molar-refractivity contribution is -0.138. The van der Waals surface area contributed by atoms with E-state index < -0.39 is 17.8 Å². The topological polar surface area (TPSA) is 95.9 Å². The van der Waals surface area contributed by atoms with Crippen LogP contribution >= 0.6 is 11.6 Å². The Morgan fingerprint density at radius 2 is 2.14 bits per heavy atom. The number of benzene rings is 1. The SMILES string of the molecule is CC.NCCCC(N=Cc1cc(F)cc(Cl)c1O)C(=O)O. The average Bonchev–Trinajstić information content (AvgIpc) is 2.45. The molecule has 0 bridgehead atoms. The zero-order valence-corrected chi connectivity index (χ0v) is 12.8. The van der Waals surface area contributed by atoms with Gasteiger partial charge in [-0.25, -0.2) is 9.18 Å². The zero-order valence-electron chi connectivity index (χ0n) is 12.0. The maximum absolute atomic E-state index is 13.1. The molecule has 0 radical (unpaired) electrons. The molecule has 0 spiro atoms. The molecule has 0 saturated heterocycles. The molecular formula is C14H20ClFN2O3. The van der Waals surface area contributed by atoms with E-state index in [9.17, 15) is 14.3 Å². The van der Waals surface area contributed by atoms with Gasteiger partial charge < -0.3 is 15.9 Å². The number of nitrogens with two attached hydrogens (primary N) is 1. The summed E-state index contributed by atoms with van der Waals surface area (Å²) in [5.41, 5.74) is 5.33. The Kier molecular flexibility index (Phi) is 9.32. The van der Waals surface area contributed by atoms with Crippen LogP contribution in [0.25, 0.3) is 0 Å². The van der Waals surface area contributed by atoms with Crippen LogP contribution in [0.5, 0.6) is 5.75 Å². The number of halogens is 2. The third-order valence-electron chi connectivity index (χ3n) is 2.42. The number of carboxylic acid groups (broad SMARTS) is 1. The van der Waals surface area contributed by atoms with Crippen molar-refractivity contribution in [1.29, 1.82) is 0 Å². The molecular weight excluding hydrogens is 299 g/mol. The highest BCUT2D eigenvalue weighted by molar-refractivity contribution is 6.32. The van der Waals surface area contributed by atoms with E-state index in [0.29, 0.717) is 13.0 Å². The molecule has 0 heterocycles. The number of phenols is 1. The fourth-order valence-electron chi connectivity index (χ4n) is 1.43. The molecule has 0 amide bonds. The van der Waals surface area contributed by atoms with Crippen molar-refractivity contribution in [2.75, 3.05) is 6.54 Å². The van der Waals surface area contributed by atoms with E-state index in [0.717, 1.165) is 18.3 Å². The van der Waals surface area contributed by atoms with E-state index in [1.165, 1.54) is 0 Å². The maximum Gasteiger partial charge on any atom is 0.328 e. The second-order valence-corrected chi connectivity index (χ2v) is 4.30. The largest absolute Gasteiger partial charge is 0.506 e. The van der Waals surface area contributed by atoms with Crippen molar-refractivity contribution >= 4 is 23.8 Å². The first-order chi connectivity index (χ1) is 9.95. The van der Waals surface area contributed by atoms with Crippen molar-refractivity contribution in [2.24, 2.45) is 10.7 Å². The summed E-state index contributed by atoms with van der Waals surface area (Å²) in [5.74, 6) is -2.08. The Morgan fingerprint density at radius 1 is 1.52 bits per heavy atom. The molecule has 21 heavy (non-hydrogen) atoms. The lowest BCUT2D eigenvalue weighted by atomic mass is 10.1. The van der Waals surface area contributed by atoms with Crippen LogP contribution in [-0.4, -0.2) is 35.0 Å². The summed E-state index contributed by atoms with van der Waals surface area (Å²) in [4.78, 5) is 14.7. The molecule has 0 fully saturated rings. The minimum Gasteiger partial charge on any atom is -0.506 e. The molecule has 7 heteroatoms. The summed E-state index contributed by atoms with van der Waals surface area (Å²) in [6.45, 7) is 4.36. The molecule has 5 nitrogen and oxygen atoms in total. The highest BCUT2D eigenvalue weighted by Gasteiger charge is 2.15. The fraction of sp³-hybridized carbons (Fsp3) is 0.429. The van der Waals surface area contributed by atoms with Gasteiger partial charge in [-0.1, -0.05) is 25.4 Å². The summed E-state index contributed by atoms with van der Waals surface area (Å²) in [6, 6.07) is 0.995. The fourth-order valence-corrected chi connectivity index (χ4v) is 1.64. The standard InChI is InChI=1S/C12H14ClFN2O3.C2H6/c13-9-5-8(14)4-7(11(9)17)6-16-10(12(18)19)2-1-3-15;1-2/h4-6,10,17H,1-3,15H2,(H,18,19);1-2H3. The first-order valence-corrected chi connectivity index (χ1v) is 6.97. The highest BCUT2D eigenvalue weighted by atomic mass is 35.5. The molecule has 0 aliphatic rings. The second-order valence-electron chi connectivity index (χ2n) is 3.89. The first-order valence-electron chi connectivity index (χ1n) is 6.59. The van der Waals surface area contributed by atoms with Gasteiger partial charge in [0, 0.05) is 11.8 Å². The molecule has 0 saturated carbocycles. The molecule has 118 valence electrons. The van der Waals surface area contributed by atoms with Crippen molar-refractivity contribution in [3.05, 3.63) is 28.5 Å². The molecule has 1 atom stereocenters. The van der Waals surface area contributed by atoms with Gasteiger partial charge in [0.2, 0.25) is 0 Å². The molecule has 0 aromatic heterocycles. The molecule has 0 aliphatic carbocycles. The molecule has 0 aliphatic heterocycles. The molecule has 1 unspecified atom stereocenters. The summed E-state index contributed by atoms with van der Waals surface area (Å²) < 4.78 is 13.1. The zero-order chi connectivity index (χ0) is 16.4. The number of aliphatic carboxylic acids is 1. The monoisotopic (exact) mass is 318 g/mol.